The molecule has 0 aliphatic carbocycles. The van der Waals surface area contributed by atoms with Crippen molar-refractivity contribution in [3.8, 4) is 5.69 Å². The maximum Gasteiger partial charge on any atom is 0.255 e. The van der Waals surface area contributed by atoms with Crippen LogP contribution >= 0.6 is 0 Å². The van der Waals surface area contributed by atoms with Gasteiger partial charge in [0, 0.05) is 36.2 Å². The molecule has 0 atom stereocenters. The summed E-state index contributed by atoms with van der Waals surface area (Å²) in [6, 6.07) is 11.2. The van der Waals surface area contributed by atoms with Gasteiger partial charge in [0.1, 0.15) is 0 Å². The van der Waals surface area contributed by atoms with E-state index >= 15 is 0 Å². The average Bonchev–Trinajstić information content (AvgIpc) is 2.95. The number of carbonyl (C=O) groups excluding carboxylic acids is 1. The lowest BCUT2D eigenvalue weighted by Crippen LogP contribution is -2.44. The van der Waals surface area contributed by atoms with Gasteiger partial charge >= 0.3 is 0 Å². The van der Waals surface area contributed by atoms with Crippen molar-refractivity contribution in [1.29, 1.82) is 0 Å². The number of hydrogen-bond donors (Lipinski definition) is 1. The van der Waals surface area contributed by atoms with Crippen molar-refractivity contribution in [3.05, 3.63) is 52.8 Å². The molecule has 2 aromatic rings. The van der Waals surface area contributed by atoms with Gasteiger partial charge < -0.3 is 14.8 Å². The smallest absolute Gasteiger partial charge is 0.255 e. The van der Waals surface area contributed by atoms with Gasteiger partial charge in [-0.3, -0.25) is 4.79 Å². The van der Waals surface area contributed by atoms with Crippen LogP contribution in [0.25, 0.3) is 5.69 Å². The highest BCUT2D eigenvalue weighted by atomic mass is 16.2. The van der Waals surface area contributed by atoms with E-state index in [9.17, 15) is 4.79 Å². The summed E-state index contributed by atoms with van der Waals surface area (Å²) in [6.07, 6.45) is 2.05. The molecule has 1 aliphatic rings. The number of hydrogen-bond acceptors (Lipinski definition) is 2. The third kappa shape index (κ3) is 3.56. The maximum atomic E-state index is 13.0. The molecule has 1 aromatic heterocycles. The van der Waals surface area contributed by atoms with Crippen LogP contribution in [-0.2, 0) is 0 Å². The van der Waals surface area contributed by atoms with E-state index in [1.54, 1.807) is 0 Å². The van der Waals surface area contributed by atoms with Crippen molar-refractivity contribution >= 4 is 5.91 Å². The number of carbonyl (C=O) groups is 1. The molecule has 140 valence electrons. The van der Waals surface area contributed by atoms with Crippen LogP contribution < -0.4 is 5.32 Å². The second-order valence-corrected chi connectivity index (χ2v) is 7.72. The predicted molar refractivity (Wildman–Crippen MR) is 107 cm³/mol. The van der Waals surface area contributed by atoms with Crippen LogP contribution in [0.2, 0.25) is 0 Å². The molecule has 0 bridgehead atoms. The number of nitrogens with zero attached hydrogens (tertiary/aromatic N) is 2. The summed E-state index contributed by atoms with van der Waals surface area (Å²) < 4.78 is 2.19. The lowest BCUT2D eigenvalue weighted by atomic mass is 10.0. The Balaban J connectivity index is 1.85. The van der Waals surface area contributed by atoms with Crippen LogP contribution in [0.15, 0.2) is 30.3 Å². The van der Waals surface area contributed by atoms with Crippen LogP contribution in [0, 0.1) is 13.8 Å². The molecule has 1 amide bonds. The quantitative estimate of drug-likeness (QED) is 0.901. The zero-order chi connectivity index (χ0) is 18.8. The Morgan fingerprint density at radius 3 is 2.27 bits per heavy atom. The van der Waals surface area contributed by atoms with E-state index in [4.69, 9.17) is 0 Å². The van der Waals surface area contributed by atoms with Gasteiger partial charge in [-0.15, -0.1) is 0 Å². The normalized spacial score (nSPS) is 15.7. The molecular weight excluding hydrogens is 322 g/mol. The number of aryl methyl sites for hydroxylation is 1. The standard InChI is InChI=1S/C22H31N3O/c1-15(2)18-6-8-20(9-7-18)25-16(3)14-21(17(25)4)22(26)24-12-10-19(23-5)11-13-24/h6-9,14-15,19,23H,10-13H2,1-5H3. The Bertz CT molecular complexity index is 765. The van der Waals surface area contributed by atoms with Gasteiger partial charge in [0.05, 0.1) is 5.56 Å². The summed E-state index contributed by atoms with van der Waals surface area (Å²) in [7, 11) is 2.00. The number of likely N-dealkylation sites (tertiary alicyclic amines) is 1. The second-order valence-electron chi connectivity index (χ2n) is 7.72. The molecule has 26 heavy (non-hydrogen) atoms. The zero-order valence-electron chi connectivity index (χ0n) is 16.7. The first-order valence-corrected chi connectivity index (χ1v) is 9.68. The van der Waals surface area contributed by atoms with E-state index in [0.717, 1.165) is 48.6 Å². The van der Waals surface area contributed by atoms with E-state index in [2.05, 4.69) is 61.8 Å². The highest BCUT2D eigenvalue weighted by Gasteiger charge is 2.25. The molecule has 3 rings (SSSR count). The Hall–Kier alpha value is -2.07. The molecule has 1 aromatic carbocycles. The van der Waals surface area contributed by atoms with Crippen molar-refractivity contribution < 1.29 is 4.79 Å². The van der Waals surface area contributed by atoms with Gasteiger partial charge in [-0.2, -0.15) is 0 Å². The Labute approximate surface area is 157 Å². The van der Waals surface area contributed by atoms with E-state index in [1.807, 2.05) is 18.0 Å². The third-order valence-corrected chi connectivity index (χ3v) is 5.67. The molecule has 0 spiro atoms. The molecule has 1 N–H and O–H groups in total. The van der Waals surface area contributed by atoms with E-state index < -0.39 is 0 Å². The fraction of sp³-hybridized carbons (Fsp3) is 0.500. The fourth-order valence-corrected chi connectivity index (χ4v) is 3.93. The molecule has 4 nitrogen and oxygen atoms in total. The first-order chi connectivity index (χ1) is 12.4. The van der Waals surface area contributed by atoms with Crippen LogP contribution in [0.1, 0.15) is 59.9 Å². The van der Waals surface area contributed by atoms with Crippen molar-refractivity contribution in [3.63, 3.8) is 0 Å². The predicted octanol–water partition coefficient (Wildman–Crippen LogP) is 4.04. The monoisotopic (exact) mass is 353 g/mol. The summed E-state index contributed by atoms with van der Waals surface area (Å²) in [5.74, 6) is 0.686. The summed E-state index contributed by atoms with van der Waals surface area (Å²) in [6.45, 7) is 10.2. The molecule has 1 fully saturated rings. The van der Waals surface area contributed by atoms with Crippen molar-refractivity contribution in [2.75, 3.05) is 20.1 Å². The lowest BCUT2D eigenvalue weighted by molar-refractivity contribution is 0.0706. The van der Waals surface area contributed by atoms with Gasteiger partial charge in [0.25, 0.3) is 5.91 Å². The Morgan fingerprint density at radius 1 is 1.12 bits per heavy atom. The van der Waals surface area contributed by atoms with Gasteiger partial charge in [0.15, 0.2) is 0 Å². The number of nitrogens with one attached hydrogen (secondary N) is 1. The van der Waals surface area contributed by atoms with Gasteiger partial charge in [0.2, 0.25) is 0 Å². The largest absolute Gasteiger partial charge is 0.338 e. The molecule has 1 aliphatic heterocycles. The highest BCUT2D eigenvalue weighted by Crippen LogP contribution is 2.25. The topological polar surface area (TPSA) is 37.3 Å². The van der Waals surface area contributed by atoms with E-state index in [0.29, 0.717) is 12.0 Å². The first-order valence-electron chi connectivity index (χ1n) is 9.68. The maximum absolute atomic E-state index is 13.0. The van der Waals surface area contributed by atoms with Crippen molar-refractivity contribution in [2.45, 2.75) is 52.5 Å². The number of rotatable bonds is 4. The molecule has 2 heterocycles. The SMILES string of the molecule is CNC1CCN(C(=O)c2cc(C)n(-c3ccc(C(C)C)cc3)c2C)CC1. The Kier molecular flexibility index (Phi) is 5.52. The second kappa shape index (κ2) is 7.67. The number of aromatic nitrogens is 1. The summed E-state index contributed by atoms with van der Waals surface area (Å²) in [4.78, 5) is 15.0. The van der Waals surface area contributed by atoms with Gasteiger partial charge in [-0.05, 0) is 63.4 Å². The summed E-state index contributed by atoms with van der Waals surface area (Å²) in [5, 5.41) is 3.32. The van der Waals surface area contributed by atoms with E-state index in [-0.39, 0.29) is 5.91 Å². The van der Waals surface area contributed by atoms with Crippen LogP contribution in [0.5, 0.6) is 0 Å². The highest BCUT2D eigenvalue weighted by molar-refractivity contribution is 5.96. The minimum atomic E-state index is 0.165. The molecule has 0 radical (unpaired) electrons. The first kappa shape index (κ1) is 18.7. The number of amides is 1. The fourth-order valence-electron chi connectivity index (χ4n) is 3.93. The van der Waals surface area contributed by atoms with Crippen LogP contribution in [0.3, 0.4) is 0 Å². The third-order valence-electron chi connectivity index (χ3n) is 5.67. The van der Waals surface area contributed by atoms with Crippen LogP contribution in [-0.4, -0.2) is 41.6 Å². The minimum absolute atomic E-state index is 0.165. The van der Waals surface area contributed by atoms with Crippen molar-refractivity contribution in [1.82, 2.24) is 14.8 Å². The molecule has 0 unspecified atom stereocenters. The van der Waals surface area contributed by atoms with Gasteiger partial charge in [-0.25, -0.2) is 0 Å². The molecule has 1 saturated heterocycles. The van der Waals surface area contributed by atoms with E-state index in [1.165, 1.54) is 5.56 Å². The minimum Gasteiger partial charge on any atom is -0.338 e. The van der Waals surface area contributed by atoms with Gasteiger partial charge in [-0.1, -0.05) is 26.0 Å². The summed E-state index contributed by atoms with van der Waals surface area (Å²) in [5.41, 5.74) is 5.42. The Morgan fingerprint density at radius 2 is 1.73 bits per heavy atom. The molecule has 4 heteroatoms. The van der Waals surface area contributed by atoms with Crippen LogP contribution in [0.4, 0.5) is 0 Å². The summed E-state index contributed by atoms with van der Waals surface area (Å²) >= 11 is 0. The average molecular weight is 354 g/mol. The molecule has 0 saturated carbocycles. The number of piperidine rings is 1. The lowest BCUT2D eigenvalue weighted by Gasteiger charge is -2.31. The molecular formula is C22H31N3O. The van der Waals surface area contributed by atoms with Crippen molar-refractivity contribution in [2.24, 2.45) is 0 Å². The number of benzene rings is 1. The zero-order valence-corrected chi connectivity index (χ0v) is 16.7.